The van der Waals surface area contributed by atoms with Gasteiger partial charge in [0.15, 0.2) is 11.6 Å². The Kier molecular flexibility index (Phi) is 30.0. The van der Waals surface area contributed by atoms with E-state index in [9.17, 15) is 41.5 Å². The molecule has 10 aromatic rings. The number of hydrogen-bond acceptors (Lipinski definition) is 16. The highest BCUT2D eigenvalue weighted by Crippen LogP contribution is 2.71. The van der Waals surface area contributed by atoms with Gasteiger partial charge in [-0.2, -0.15) is 21.0 Å². The Bertz CT molecular complexity index is 6330. The van der Waals surface area contributed by atoms with Gasteiger partial charge in [0, 0.05) is 76.6 Å². The summed E-state index contributed by atoms with van der Waals surface area (Å²) in [6.45, 7) is 18.3. The highest BCUT2D eigenvalue weighted by atomic mass is 32.1. The van der Waals surface area contributed by atoms with Gasteiger partial charge in [-0.05, 0) is 219 Å². The molecule has 4 heterocycles. The molecular formula is C116H116N8O2S6. The van der Waals surface area contributed by atoms with Crippen LogP contribution in [0.5, 0.6) is 0 Å². The minimum Gasteiger partial charge on any atom is -0.298 e. The molecule has 2 atom stereocenters. The number of aryl methyl sites for hydroxylation is 8. The van der Waals surface area contributed by atoms with Crippen LogP contribution in [0.15, 0.2) is 212 Å². The summed E-state index contributed by atoms with van der Waals surface area (Å²) in [6, 6.07) is 57.9. The molecule has 0 spiro atoms. The van der Waals surface area contributed by atoms with Crippen molar-refractivity contribution in [2.45, 2.75) is 259 Å². The smallest absolute Gasteiger partial charge is 0.194 e. The molecule has 6 aromatic carbocycles. The van der Waals surface area contributed by atoms with Crippen molar-refractivity contribution < 1.29 is 9.59 Å². The number of thiophene rings is 4. The van der Waals surface area contributed by atoms with E-state index in [1.54, 1.807) is 83.4 Å². The van der Waals surface area contributed by atoms with E-state index in [2.05, 4.69) is 199 Å². The van der Waals surface area contributed by atoms with Crippen LogP contribution in [0.4, 0.5) is 0 Å². The van der Waals surface area contributed by atoms with Gasteiger partial charge in [-0.25, -0.2) is 8.80 Å². The number of nitrogens with zero attached hydrogens (tertiary/aromatic N) is 6. The van der Waals surface area contributed by atoms with Crippen LogP contribution in [0, 0.1) is 70.0 Å². The van der Waals surface area contributed by atoms with Gasteiger partial charge in [-0.1, -0.05) is 314 Å². The molecule has 16 rings (SSSR count). The molecule has 16 heteroatoms. The number of unbranched alkanes of at least 4 members (excludes halogenated alkanes) is 18. The maximum absolute atomic E-state index is 14.6. The molecule has 0 saturated heterocycles. The number of ketones is 2. The van der Waals surface area contributed by atoms with Gasteiger partial charge >= 0.3 is 0 Å². The van der Waals surface area contributed by atoms with E-state index in [0.717, 1.165) is 174 Å². The van der Waals surface area contributed by atoms with E-state index in [-0.39, 0.29) is 67.9 Å². The molecule has 2 unspecified atom stereocenters. The molecule has 2 N–H and O–H groups in total. The van der Waals surface area contributed by atoms with E-state index in [1.165, 1.54) is 147 Å². The number of allylic oxidation sites excluding steroid dienone is 16. The lowest BCUT2D eigenvalue weighted by molar-refractivity contribution is 0.103. The number of carbonyl (C=O) groups is 2. The Morgan fingerprint density at radius 2 is 0.667 bits per heavy atom. The summed E-state index contributed by atoms with van der Waals surface area (Å²) in [5.74, 6) is -0.630. The lowest BCUT2D eigenvalue weighted by Crippen LogP contribution is -2.30. The third-order valence-corrected chi connectivity index (χ3v) is 33.2. The predicted octanol–water partition coefficient (Wildman–Crippen LogP) is 31.7. The van der Waals surface area contributed by atoms with Gasteiger partial charge in [0.2, 0.25) is 0 Å². The Morgan fingerprint density at radius 3 is 0.962 bits per heavy atom. The average molecular weight is 1850 g/mol. The molecule has 0 radical (unpaired) electrons. The van der Waals surface area contributed by atoms with E-state index < -0.39 is 10.8 Å². The summed E-state index contributed by atoms with van der Waals surface area (Å²) < 4.78 is 11.7. The molecule has 668 valence electrons. The van der Waals surface area contributed by atoms with Crippen LogP contribution in [0.1, 0.15) is 326 Å². The van der Waals surface area contributed by atoms with Crippen LogP contribution < -0.4 is 0 Å². The molecule has 6 aliphatic rings. The molecule has 0 bridgehead atoms. The summed E-state index contributed by atoms with van der Waals surface area (Å²) in [7, 11) is 0. The predicted molar refractivity (Wildman–Crippen MR) is 561 cm³/mol. The summed E-state index contributed by atoms with van der Waals surface area (Å²) in [5.41, 5.74) is 23.9. The SMILES string of the molecule is CCCCCCc1cc(C)cc(C2(c3cc(CCCCCC)cc(CCCCCC)c3)c3cc(C4=CC=C(/C=C5\C(=O)c6ccccc6C5=C(C#N)C#N)/C(=N/S)C4=N)sc3-c3sc4c5c(sc4c32)-c2sc(C3=CC=C(/C=C4\C(=O)c6ccccc6C4=C(C#N)C#N)/C(=N/S)C3=N)cc2C5(c2cc(C)cc(CCCCCC)c2)c2cc(CCCCCC)cc(CCCCCC)c2)c1. The number of hydrogen-bond donors (Lipinski definition) is 4. The normalized spacial score (nSPS) is 17.6. The molecule has 0 fully saturated rings. The lowest BCUT2D eigenvalue weighted by atomic mass is 9.65. The van der Waals surface area contributed by atoms with Crippen LogP contribution >= 0.6 is 71.0 Å². The first-order valence-corrected chi connectivity index (χ1v) is 52.2. The van der Waals surface area contributed by atoms with Gasteiger partial charge in [0.25, 0.3) is 0 Å². The molecule has 6 aliphatic carbocycles. The summed E-state index contributed by atoms with van der Waals surface area (Å²) in [6.07, 6.45) is 43.9. The van der Waals surface area contributed by atoms with E-state index >= 15 is 0 Å². The van der Waals surface area contributed by atoms with Crippen molar-refractivity contribution in [3.05, 3.63) is 324 Å². The Labute approximate surface area is 807 Å². The Morgan fingerprint density at radius 1 is 0.371 bits per heavy atom. The number of fused-ring (bicyclic) bond motifs is 11. The summed E-state index contributed by atoms with van der Waals surface area (Å²) in [5, 5.41) is 62.9. The second-order valence-corrected chi connectivity index (χ2v) is 41.2. The van der Waals surface area contributed by atoms with Crippen LogP contribution in [0.25, 0.3) is 51.2 Å². The minimum absolute atomic E-state index is 0.139. The summed E-state index contributed by atoms with van der Waals surface area (Å²) in [4.78, 5) is 35.8. The monoisotopic (exact) mass is 1840 g/mol. The van der Waals surface area contributed by atoms with Crippen molar-refractivity contribution >= 4 is 137 Å². The average Bonchev–Trinajstić information content (AvgIpc) is 1.48. The zero-order valence-electron chi connectivity index (χ0n) is 77.4. The quantitative estimate of drug-likeness (QED) is 0.00974. The van der Waals surface area contributed by atoms with Crippen molar-refractivity contribution in [1.29, 1.82) is 31.9 Å². The van der Waals surface area contributed by atoms with Crippen molar-refractivity contribution in [3.8, 4) is 43.8 Å². The molecular weight excluding hydrogens is 1730 g/mol. The number of nitrogens with one attached hydrogen (secondary N) is 2. The van der Waals surface area contributed by atoms with E-state index in [0.29, 0.717) is 44.5 Å². The summed E-state index contributed by atoms with van der Waals surface area (Å²) >= 11 is 16.8. The number of rotatable bonds is 38. The molecule has 4 aromatic heterocycles. The van der Waals surface area contributed by atoms with E-state index in [1.807, 2.05) is 47.0 Å². The number of Topliss-reactive ketones (excluding diaryl/α,β-unsaturated/α-hetero) is 2. The van der Waals surface area contributed by atoms with Crippen molar-refractivity contribution in [2.24, 2.45) is 8.80 Å². The highest BCUT2D eigenvalue weighted by molar-refractivity contribution is 7.79. The van der Waals surface area contributed by atoms with Gasteiger partial charge in [0.1, 0.15) is 46.8 Å². The lowest BCUT2D eigenvalue weighted by Gasteiger charge is -2.35. The zero-order valence-corrected chi connectivity index (χ0v) is 82.5. The molecule has 0 aliphatic heterocycles. The number of carbonyl (C=O) groups excluding carboxylic acids is 2. The second kappa shape index (κ2) is 42.0. The molecule has 10 nitrogen and oxygen atoms in total. The third-order valence-electron chi connectivity index (χ3n) is 27.6. The largest absolute Gasteiger partial charge is 0.298 e. The topological polar surface area (TPSA) is 202 Å². The van der Waals surface area contributed by atoms with Crippen molar-refractivity contribution in [1.82, 2.24) is 0 Å². The number of benzene rings is 6. The van der Waals surface area contributed by atoms with Gasteiger partial charge in [-0.3, -0.25) is 20.4 Å². The zero-order chi connectivity index (χ0) is 92.5. The fourth-order valence-corrected chi connectivity index (χ4v) is 27.6. The fourth-order valence-electron chi connectivity index (χ4n) is 21.3. The number of nitriles is 4. The molecule has 132 heavy (non-hydrogen) atoms. The van der Waals surface area contributed by atoms with Gasteiger partial charge in [-0.15, -0.1) is 45.3 Å². The Hall–Kier alpha value is -11.0. The van der Waals surface area contributed by atoms with Crippen LogP contribution in [0.2, 0.25) is 0 Å². The highest BCUT2D eigenvalue weighted by Gasteiger charge is 2.56. The number of thiol groups is 2. The van der Waals surface area contributed by atoms with E-state index in [4.69, 9.17) is 0 Å². The second-order valence-electron chi connectivity index (χ2n) is 36.7. The molecule has 0 amide bonds. The van der Waals surface area contributed by atoms with Crippen molar-refractivity contribution in [3.63, 3.8) is 0 Å². The van der Waals surface area contributed by atoms with Gasteiger partial charge in [0.05, 0.1) is 51.2 Å². The van der Waals surface area contributed by atoms with Crippen LogP contribution in [0.3, 0.4) is 0 Å². The maximum Gasteiger partial charge on any atom is 0.194 e. The first-order chi connectivity index (χ1) is 64.4. The van der Waals surface area contributed by atoms with Crippen molar-refractivity contribution in [2.75, 3.05) is 0 Å². The standard InChI is InChI=1S/C116H116N8O2S6/c1-9-15-21-27-37-73-51-71(7)53-83(57-73)115(85-59-75(39-29-23-17-11-3)55-76(60-85)40-30-24-18-12-4)95-65-97(91-49-47-79(105(123-127)103(91)121)63-93-99(81(67-117)68-118)87-43-33-35-45-89(87)107(93)125)129-109(95)111-101(115)113-114(131-111)102-112(132-113)110-96(66-98(130-110)92-50-48-80(106(124-128)104(92)122)64-94-100(82(69-119)70-120)88-44-34-36-46-90(88)108(94)126)116(102,84-54-72(8)52-74(58-84)38-28-22-16-10-2)86-61-77(41-31-25-19-13-5)56-78(62-86)42-32-26-20-14-6/h33-36,43-66,121-122,127-128H,9-32,37-42H2,1-8H3/b93-63-,94-64-,121-103?,122-104?,123-105-,124-106-. The molecule has 0 saturated carbocycles. The fraction of sp³-hybridized carbons (Fsp3) is 0.345. The van der Waals surface area contributed by atoms with Crippen LogP contribution in [-0.2, 0) is 49.4 Å². The minimum atomic E-state index is -0.941. The maximum atomic E-state index is 14.6. The first-order valence-electron chi connectivity index (χ1n) is 48.1. The third kappa shape index (κ3) is 17.8. The van der Waals surface area contributed by atoms with Gasteiger partial charge < -0.3 is 0 Å². The Balaban J connectivity index is 1.02. The van der Waals surface area contributed by atoms with Crippen LogP contribution in [-0.4, -0.2) is 34.4 Å². The first kappa shape index (κ1) is 94.2.